The van der Waals surface area contributed by atoms with Gasteiger partial charge in [-0.05, 0) is 0 Å². The van der Waals surface area contributed by atoms with Crippen molar-refractivity contribution in [3.05, 3.63) is 28.8 Å². The Labute approximate surface area is 72.3 Å². The van der Waals surface area contributed by atoms with Gasteiger partial charge < -0.3 is 0 Å². The van der Waals surface area contributed by atoms with Crippen LogP contribution in [0.5, 0.6) is 0 Å². The number of hydrogen-bond donors (Lipinski definition) is 0. The summed E-state index contributed by atoms with van der Waals surface area (Å²) in [6.45, 7) is 6.42. The summed E-state index contributed by atoms with van der Waals surface area (Å²) in [5.41, 5.74) is 4.09. The van der Waals surface area contributed by atoms with E-state index in [-0.39, 0.29) is 0 Å². The Morgan fingerprint density at radius 3 is 1.80 bits per heavy atom. The minimum atomic E-state index is 1.35. The van der Waals surface area contributed by atoms with E-state index < -0.39 is 0 Å². The average molecular weight is 220 g/mol. The van der Waals surface area contributed by atoms with E-state index in [2.05, 4.69) is 51.2 Å². The van der Waals surface area contributed by atoms with Crippen molar-refractivity contribution in [3.63, 3.8) is 0 Å². The summed E-state index contributed by atoms with van der Waals surface area (Å²) in [5.74, 6) is 0. The zero-order chi connectivity index (χ0) is 7.72. The van der Waals surface area contributed by atoms with Crippen LogP contribution in [0.2, 0.25) is 0 Å². The van der Waals surface area contributed by atoms with Crippen molar-refractivity contribution in [2.75, 3.05) is 0 Å². The zero-order valence-electron chi connectivity index (χ0n) is 6.51. The average Bonchev–Trinajstić information content (AvgIpc) is 1.82. The van der Waals surface area contributed by atoms with Crippen molar-refractivity contribution in [2.45, 2.75) is 20.8 Å². The third-order valence-corrected chi connectivity index (χ3v) is 2.93. The van der Waals surface area contributed by atoms with Crippen molar-refractivity contribution in [1.29, 1.82) is 0 Å². The molecule has 0 aliphatic heterocycles. The van der Waals surface area contributed by atoms with E-state index in [1.54, 1.807) is 0 Å². The molecule has 55 valence electrons. The molecule has 0 bridgehead atoms. The van der Waals surface area contributed by atoms with Gasteiger partial charge in [-0.25, -0.2) is 0 Å². The monoisotopic (exact) mass is 221 g/mol. The number of benzene rings is 1. The first-order valence-electron chi connectivity index (χ1n) is 3.33. The van der Waals surface area contributed by atoms with E-state index in [4.69, 9.17) is 0 Å². The molecule has 0 radical (unpaired) electrons. The second kappa shape index (κ2) is 2.84. The number of rotatable bonds is 0. The minimum absolute atomic E-state index is 1.35. The first-order valence-corrected chi connectivity index (χ1v) is 4.20. The molecule has 1 aromatic rings. The molecule has 0 fully saturated rings. The van der Waals surface area contributed by atoms with E-state index in [1.165, 1.54) is 20.8 Å². The molecule has 0 nitrogen and oxygen atoms in total. The van der Waals surface area contributed by atoms with Crippen molar-refractivity contribution in [2.24, 2.45) is 0 Å². The summed E-state index contributed by atoms with van der Waals surface area (Å²) in [7, 11) is 0. The summed E-state index contributed by atoms with van der Waals surface area (Å²) >= 11 is 2.67. The van der Waals surface area contributed by atoms with Gasteiger partial charge in [-0.2, -0.15) is 0 Å². The van der Waals surface area contributed by atoms with Crippen LogP contribution in [0.15, 0.2) is 12.1 Å². The van der Waals surface area contributed by atoms with Crippen molar-refractivity contribution < 1.29 is 18.3 Å². The molecule has 0 saturated carbocycles. The Balaban J connectivity index is 3.31. The van der Waals surface area contributed by atoms with Crippen molar-refractivity contribution in [1.82, 2.24) is 0 Å². The fourth-order valence-corrected chi connectivity index (χ4v) is 1.41. The van der Waals surface area contributed by atoms with E-state index in [0.29, 0.717) is 0 Å². The van der Waals surface area contributed by atoms with E-state index in [0.717, 1.165) is 0 Å². The third kappa shape index (κ3) is 1.46. The van der Waals surface area contributed by atoms with Crippen LogP contribution in [0.3, 0.4) is 0 Å². The molecule has 0 heterocycles. The summed E-state index contributed by atoms with van der Waals surface area (Å²) < 4.78 is 1.35. The quantitative estimate of drug-likeness (QED) is 0.585. The molecule has 0 unspecified atom stereocenters. The van der Waals surface area contributed by atoms with Gasteiger partial charge in [-0.1, -0.05) is 0 Å². The first kappa shape index (κ1) is 7.94. The van der Waals surface area contributed by atoms with Gasteiger partial charge in [0.25, 0.3) is 0 Å². The standard InChI is InChI=1S/C9H11.Ru/c1-7-4-8(2)6-9(3)5-7;/h4-5H,1-3H3;. The molecule has 10 heavy (non-hydrogen) atoms. The van der Waals surface area contributed by atoms with Crippen LogP contribution in [0.4, 0.5) is 0 Å². The molecule has 0 N–H and O–H groups in total. The van der Waals surface area contributed by atoms with Gasteiger partial charge in [0.05, 0.1) is 0 Å². The molecule has 0 spiro atoms. The van der Waals surface area contributed by atoms with Crippen LogP contribution < -0.4 is 4.16 Å². The van der Waals surface area contributed by atoms with Crippen LogP contribution >= 0.6 is 0 Å². The second-order valence-corrected chi connectivity index (χ2v) is 3.57. The maximum atomic E-state index is 2.67. The summed E-state index contributed by atoms with van der Waals surface area (Å²) in [6, 6.07) is 4.41. The fraction of sp³-hybridized carbons (Fsp3) is 0.333. The Hall–Kier alpha value is -0.157. The molecule has 0 saturated heterocycles. The molecule has 0 atom stereocenters. The molecule has 1 aromatic carbocycles. The topological polar surface area (TPSA) is 0 Å². The second-order valence-electron chi connectivity index (χ2n) is 2.70. The molecule has 0 aliphatic carbocycles. The van der Waals surface area contributed by atoms with Gasteiger partial charge >= 0.3 is 72.1 Å². The summed E-state index contributed by atoms with van der Waals surface area (Å²) in [6.07, 6.45) is 0. The number of hydrogen-bond acceptors (Lipinski definition) is 0. The van der Waals surface area contributed by atoms with Gasteiger partial charge in [-0.3, -0.25) is 0 Å². The summed E-state index contributed by atoms with van der Waals surface area (Å²) in [4.78, 5) is 0. The van der Waals surface area contributed by atoms with Gasteiger partial charge in [0.15, 0.2) is 0 Å². The Morgan fingerprint density at radius 2 is 1.40 bits per heavy atom. The van der Waals surface area contributed by atoms with E-state index >= 15 is 0 Å². The fourth-order valence-electron chi connectivity index (χ4n) is 1.16. The van der Waals surface area contributed by atoms with Crippen LogP contribution in [0.25, 0.3) is 0 Å². The molecule has 1 heteroatoms. The van der Waals surface area contributed by atoms with Gasteiger partial charge in [0.2, 0.25) is 0 Å². The Morgan fingerprint density at radius 1 is 1.00 bits per heavy atom. The molecule has 0 amide bonds. The molecule has 0 aromatic heterocycles. The van der Waals surface area contributed by atoms with Crippen LogP contribution in [0.1, 0.15) is 16.7 Å². The van der Waals surface area contributed by atoms with Crippen molar-refractivity contribution >= 4 is 4.16 Å². The normalized spacial score (nSPS) is 10.0. The van der Waals surface area contributed by atoms with Crippen LogP contribution in [0, 0.1) is 20.8 Å². The van der Waals surface area contributed by atoms with Gasteiger partial charge in [0.1, 0.15) is 0 Å². The molecular weight excluding hydrogens is 209 g/mol. The van der Waals surface area contributed by atoms with Crippen LogP contribution in [-0.2, 0) is 18.3 Å². The van der Waals surface area contributed by atoms with E-state index in [1.807, 2.05) is 0 Å². The van der Waals surface area contributed by atoms with Gasteiger partial charge in [-0.15, -0.1) is 0 Å². The number of aryl methyl sites for hydroxylation is 3. The van der Waals surface area contributed by atoms with Crippen molar-refractivity contribution in [3.8, 4) is 0 Å². The predicted molar refractivity (Wildman–Crippen MR) is 40.3 cm³/mol. The SMILES string of the molecule is Cc1cc(C)[c]([Ru])c(C)c1. The molecule has 1 rings (SSSR count). The Bertz CT molecular complexity index is 228. The molecular formula is C9H11Ru. The van der Waals surface area contributed by atoms with Gasteiger partial charge in [0, 0.05) is 0 Å². The predicted octanol–water partition coefficient (Wildman–Crippen LogP) is 1.78. The maximum absolute atomic E-state index is 2.67. The summed E-state index contributed by atoms with van der Waals surface area (Å²) in [5, 5.41) is 0. The third-order valence-electron chi connectivity index (χ3n) is 1.56. The Kier molecular flexibility index (Phi) is 2.26. The zero-order valence-corrected chi connectivity index (χ0v) is 8.25. The van der Waals surface area contributed by atoms with Crippen LogP contribution in [-0.4, -0.2) is 0 Å². The molecule has 0 aliphatic rings. The van der Waals surface area contributed by atoms with E-state index in [9.17, 15) is 0 Å². The first-order chi connectivity index (χ1) is 4.61.